The van der Waals surface area contributed by atoms with Gasteiger partial charge in [-0.2, -0.15) is 0 Å². The quantitative estimate of drug-likeness (QED) is 0.0892. The van der Waals surface area contributed by atoms with Crippen molar-refractivity contribution < 1.29 is 0 Å². The van der Waals surface area contributed by atoms with Gasteiger partial charge < -0.3 is 14.4 Å². The smallest absolute Gasteiger partial charge is 0.252 e. The highest BCUT2D eigenvalue weighted by molar-refractivity contribution is 7.20. The highest BCUT2D eigenvalue weighted by atomic mass is 28.3. The summed E-state index contributed by atoms with van der Waals surface area (Å²) in [5.74, 6) is 0. The van der Waals surface area contributed by atoms with Crippen LogP contribution in [0.3, 0.4) is 0 Å². The molecule has 0 radical (unpaired) electrons. The van der Waals surface area contributed by atoms with Crippen LogP contribution in [0, 0.1) is 0 Å². The monoisotopic (exact) mass is 1290 g/mol. The Labute approximate surface area is 579 Å². The van der Waals surface area contributed by atoms with Crippen molar-refractivity contribution >= 4 is 137 Å². The zero-order chi connectivity index (χ0) is 66.3. The molecule has 3 heterocycles. The Kier molecular flexibility index (Phi) is 14.8. The summed E-state index contributed by atoms with van der Waals surface area (Å²) in [6.45, 7) is 13.9. The molecule has 0 bridgehead atoms. The van der Waals surface area contributed by atoms with Crippen molar-refractivity contribution in [3.05, 3.63) is 363 Å². The average molecular weight is 1290 g/mol. The van der Waals surface area contributed by atoms with Crippen LogP contribution in [0.2, 0.25) is 0 Å². The first-order valence-electron chi connectivity index (χ1n) is 34.6. The highest BCUT2D eigenvalue weighted by Gasteiger charge is 2.47. The van der Waals surface area contributed by atoms with Crippen molar-refractivity contribution in [1.29, 1.82) is 0 Å². The topological polar surface area (TPSA) is 11.4 Å². The van der Waals surface area contributed by atoms with Crippen LogP contribution >= 0.6 is 0 Å². The molecule has 0 N–H and O–H groups in total. The van der Waals surface area contributed by atoms with Gasteiger partial charge >= 0.3 is 0 Å². The Morgan fingerprint density at radius 1 is 0.255 bits per heavy atom. The van der Waals surface area contributed by atoms with E-state index < -0.39 is 16.1 Å². The Bertz CT molecular complexity index is 5160. The van der Waals surface area contributed by atoms with E-state index in [0.29, 0.717) is 0 Å². The molecular formula is C92H76BN3Si2. The number of para-hydroxylation sites is 1. The van der Waals surface area contributed by atoms with Gasteiger partial charge in [-0.1, -0.05) is 321 Å². The molecule has 3 nitrogen and oxygen atoms in total. The molecule has 0 unspecified atom stereocenters. The largest absolute Gasteiger partial charge is 0.311 e. The number of benzene rings is 14. The summed E-state index contributed by atoms with van der Waals surface area (Å²) < 4.78 is 2.57. The van der Waals surface area contributed by atoms with E-state index in [1.54, 1.807) is 0 Å². The van der Waals surface area contributed by atoms with Crippen molar-refractivity contribution in [2.45, 2.75) is 52.4 Å². The molecule has 0 saturated heterocycles. The number of hydrogen-bond donors (Lipinski definition) is 0. The molecule has 98 heavy (non-hydrogen) atoms. The Balaban J connectivity index is 0.958. The number of aromatic nitrogens is 1. The van der Waals surface area contributed by atoms with Gasteiger partial charge in [-0.05, 0) is 164 Å². The van der Waals surface area contributed by atoms with Gasteiger partial charge in [0.15, 0.2) is 16.1 Å². The number of fused-ring (bicyclic) bond motifs is 7. The summed E-state index contributed by atoms with van der Waals surface area (Å²) in [5, 5.41) is 13.3. The molecule has 470 valence electrons. The van der Waals surface area contributed by atoms with Crippen molar-refractivity contribution in [3.8, 4) is 16.8 Å². The number of nitrogens with zero attached hydrogens (tertiary/aromatic N) is 3. The molecule has 17 rings (SSSR count). The lowest BCUT2D eigenvalue weighted by Gasteiger charge is -2.44. The van der Waals surface area contributed by atoms with Crippen LogP contribution in [0.25, 0.3) is 38.6 Å². The van der Waals surface area contributed by atoms with E-state index in [9.17, 15) is 0 Å². The Morgan fingerprint density at radius 3 is 0.969 bits per heavy atom. The van der Waals surface area contributed by atoms with Gasteiger partial charge in [0.2, 0.25) is 0 Å². The van der Waals surface area contributed by atoms with E-state index in [2.05, 4.69) is 408 Å². The molecule has 0 amide bonds. The van der Waals surface area contributed by atoms with Gasteiger partial charge in [-0.25, -0.2) is 0 Å². The Morgan fingerprint density at radius 2 is 0.592 bits per heavy atom. The van der Waals surface area contributed by atoms with E-state index in [-0.39, 0.29) is 17.5 Å². The molecular weight excluding hydrogens is 1210 g/mol. The van der Waals surface area contributed by atoms with Gasteiger partial charge in [0.05, 0.1) is 16.7 Å². The molecule has 6 heteroatoms. The maximum atomic E-state index is 2.61. The van der Waals surface area contributed by atoms with Gasteiger partial charge in [-0.15, -0.1) is 0 Å². The second-order valence-corrected chi connectivity index (χ2v) is 36.4. The van der Waals surface area contributed by atoms with Crippen molar-refractivity contribution in [3.63, 3.8) is 0 Å². The summed E-state index contributed by atoms with van der Waals surface area (Å²) in [6.07, 6.45) is 0. The van der Waals surface area contributed by atoms with Gasteiger partial charge in [0.25, 0.3) is 6.71 Å². The van der Waals surface area contributed by atoms with Crippen LogP contribution in [0.4, 0.5) is 34.1 Å². The standard InChI is InChI=1S/C92H76BN3Si2/c1-91(2,3)67-47-58-84-80(61-67)81-62-68(92(4,5)6)48-59-85(81)96(84)71-63-88-90-89(64-71)95(70-51-55-79(56-52-70)98(75-38-22-11-23-39-75,76-40-24-12-25-41-76)77-42-26-13-27-43-77)87-57-46-66(65-30-14-7-15-31-65)60-83(87)93(90)82-44-28-29-45-86(82)94(88)69-49-53-78(54-50-69)97(72-32-16-8-17-33-72,73-34-18-9-19-35-73)74-36-20-10-21-37-74/h7-64H,1-6H3. The fourth-order valence-corrected chi connectivity index (χ4v) is 26.0. The first-order chi connectivity index (χ1) is 47.9. The lowest BCUT2D eigenvalue weighted by Crippen LogP contribution is -2.74. The second kappa shape index (κ2) is 24.0. The molecule has 2 aliphatic rings. The normalized spacial score (nSPS) is 12.9. The maximum absolute atomic E-state index is 2.89. The maximum Gasteiger partial charge on any atom is 0.252 e. The van der Waals surface area contributed by atoms with Crippen LogP contribution in [-0.4, -0.2) is 27.4 Å². The molecule has 15 aromatic rings. The summed E-state index contributed by atoms with van der Waals surface area (Å²) in [4.78, 5) is 5.21. The lowest BCUT2D eigenvalue weighted by atomic mass is 9.33. The van der Waals surface area contributed by atoms with Crippen molar-refractivity contribution in [2.75, 3.05) is 9.80 Å². The number of hydrogen-bond acceptors (Lipinski definition) is 2. The van der Waals surface area contributed by atoms with Crippen LogP contribution < -0.4 is 67.7 Å². The third-order valence-corrected chi connectivity index (χ3v) is 30.8. The highest BCUT2D eigenvalue weighted by Crippen LogP contribution is 2.47. The molecule has 0 spiro atoms. The van der Waals surface area contributed by atoms with Crippen LogP contribution in [0.15, 0.2) is 352 Å². The first kappa shape index (κ1) is 60.6. The van der Waals surface area contributed by atoms with E-state index >= 15 is 0 Å². The molecule has 2 aliphatic heterocycles. The minimum atomic E-state index is -2.89. The third-order valence-electron chi connectivity index (χ3n) is 21.2. The molecule has 1 aromatic heterocycles. The van der Waals surface area contributed by atoms with Crippen LogP contribution in [0.1, 0.15) is 52.7 Å². The van der Waals surface area contributed by atoms with Crippen LogP contribution in [0.5, 0.6) is 0 Å². The van der Waals surface area contributed by atoms with Gasteiger partial charge in [0, 0.05) is 44.9 Å². The van der Waals surface area contributed by atoms with E-state index in [1.165, 1.54) is 113 Å². The fourth-order valence-electron chi connectivity index (χ4n) is 16.5. The van der Waals surface area contributed by atoms with Crippen LogP contribution in [-0.2, 0) is 10.8 Å². The summed E-state index contributed by atoms with van der Waals surface area (Å²) in [7, 11) is -5.78. The predicted octanol–water partition coefficient (Wildman–Crippen LogP) is 15.9. The summed E-state index contributed by atoms with van der Waals surface area (Å²) in [6, 6.07) is 134. The predicted molar refractivity (Wildman–Crippen MR) is 425 cm³/mol. The van der Waals surface area contributed by atoms with E-state index in [1.807, 2.05) is 0 Å². The Hall–Kier alpha value is -11.0. The second-order valence-electron chi connectivity index (χ2n) is 28.8. The SMILES string of the molecule is CC(C)(C)c1ccc2c(c1)c1cc(C(C)(C)C)ccc1n2-c1cc2c3c(c1)N(c1ccc([Si](c4ccccc4)(c4ccccc4)c4ccccc4)cc1)c1ccc(-c4ccccc4)cc1B3c1ccccc1N2c1ccc([Si](c2ccccc2)(c2ccccc2)c2ccccc2)cc1. The third kappa shape index (κ3) is 9.82. The van der Waals surface area contributed by atoms with Gasteiger partial charge in [0.1, 0.15) is 0 Å². The average Bonchev–Trinajstić information content (AvgIpc) is 0.872. The lowest BCUT2D eigenvalue weighted by molar-refractivity contribution is 0.590. The molecule has 0 aliphatic carbocycles. The van der Waals surface area contributed by atoms with Crippen molar-refractivity contribution in [2.24, 2.45) is 0 Å². The van der Waals surface area contributed by atoms with Gasteiger partial charge in [-0.3, -0.25) is 0 Å². The number of rotatable bonds is 12. The zero-order valence-corrected chi connectivity index (χ0v) is 58.4. The molecule has 0 fully saturated rings. The first-order valence-corrected chi connectivity index (χ1v) is 38.6. The van der Waals surface area contributed by atoms with Crippen molar-refractivity contribution in [1.82, 2.24) is 4.57 Å². The van der Waals surface area contributed by atoms with E-state index in [0.717, 1.165) is 28.4 Å². The minimum Gasteiger partial charge on any atom is -0.311 e. The summed E-state index contributed by atoms with van der Waals surface area (Å²) in [5.41, 5.74) is 19.0. The summed E-state index contributed by atoms with van der Waals surface area (Å²) >= 11 is 0. The fraction of sp³-hybridized carbons (Fsp3) is 0.0870. The number of anilines is 6. The molecule has 0 atom stereocenters. The van der Waals surface area contributed by atoms with E-state index in [4.69, 9.17) is 0 Å². The molecule has 0 saturated carbocycles. The zero-order valence-electron chi connectivity index (χ0n) is 56.4. The minimum absolute atomic E-state index is 0.0562. The molecule has 14 aromatic carbocycles.